The number of hydrogen-bond acceptors (Lipinski definition) is 3. The van der Waals surface area contributed by atoms with E-state index in [0.717, 1.165) is 18.8 Å². The van der Waals surface area contributed by atoms with Crippen molar-refractivity contribution in [2.75, 3.05) is 6.54 Å². The maximum Gasteiger partial charge on any atom is 0.137 e. The minimum absolute atomic E-state index is 0.436. The fourth-order valence-corrected chi connectivity index (χ4v) is 1.61. The van der Waals surface area contributed by atoms with Gasteiger partial charge in [-0.1, -0.05) is 0 Å². The Morgan fingerprint density at radius 3 is 3.45 bits per heavy atom. The van der Waals surface area contributed by atoms with E-state index in [2.05, 4.69) is 14.8 Å². The molecular weight excluding hydrogens is 140 g/mol. The van der Waals surface area contributed by atoms with Gasteiger partial charge in [0.1, 0.15) is 12.2 Å². The molecule has 0 aromatic carbocycles. The predicted molar refractivity (Wildman–Crippen MR) is 41.1 cm³/mol. The quantitative estimate of drug-likeness (QED) is 0.621. The molecule has 0 saturated heterocycles. The van der Waals surface area contributed by atoms with Crippen LogP contribution in [0.25, 0.3) is 0 Å². The Labute approximate surface area is 65.4 Å². The molecule has 1 aromatic heterocycles. The molecule has 0 saturated carbocycles. The Morgan fingerprint density at radius 2 is 2.64 bits per heavy atom. The maximum absolute atomic E-state index is 5.60. The zero-order valence-corrected chi connectivity index (χ0v) is 6.40. The normalized spacial score (nSPS) is 23.2. The molecule has 2 N–H and O–H groups in total. The van der Waals surface area contributed by atoms with Gasteiger partial charge in [-0.2, -0.15) is 0 Å². The Kier molecular flexibility index (Phi) is 1.62. The fraction of sp³-hybridized carbons (Fsp3) is 0.714. The van der Waals surface area contributed by atoms with Gasteiger partial charge in [0, 0.05) is 19.0 Å². The summed E-state index contributed by atoms with van der Waals surface area (Å²) in [6.45, 7) is 1.75. The number of fused-ring (bicyclic) bond motifs is 1. The van der Waals surface area contributed by atoms with Crippen molar-refractivity contribution in [2.45, 2.75) is 25.3 Å². The van der Waals surface area contributed by atoms with Gasteiger partial charge in [-0.25, -0.2) is 0 Å². The van der Waals surface area contributed by atoms with Gasteiger partial charge in [-0.05, 0) is 12.8 Å². The summed E-state index contributed by atoms with van der Waals surface area (Å²) in [5.74, 6) is 1.50. The molecule has 0 unspecified atom stereocenters. The molecule has 1 aliphatic rings. The zero-order chi connectivity index (χ0) is 7.68. The standard InChI is InChI=1S/C7H12N4/c8-4-6-2-1-3-11-5-9-10-7(6)11/h5-6H,1-4,8H2/t6-/m0/s1. The lowest BCUT2D eigenvalue weighted by Crippen LogP contribution is -2.21. The first-order valence-corrected chi connectivity index (χ1v) is 3.99. The fourth-order valence-electron chi connectivity index (χ4n) is 1.61. The molecule has 0 spiro atoms. The molecule has 0 amide bonds. The van der Waals surface area contributed by atoms with Crippen molar-refractivity contribution in [2.24, 2.45) is 5.73 Å². The minimum Gasteiger partial charge on any atom is -0.330 e. The second-order valence-corrected chi connectivity index (χ2v) is 2.96. The summed E-state index contributed by atoms with van der Waals surface area (Å²) >= 11 is 0. The molecule has 4 nitrogen and oxygen atoms in total. The van der Waals surface area contributed by atoms with Gasteiger partial charge in [0.2, 0.25) is 0 Å². The van der Waals surface area contributed by atoms with Gasteiger partial charge < -0.3 is 10.3 Å². The Balaban J connectivity index is 2.32. The highest BCUT2D eigenvalue weighted by molar-refractivity contribution is 4.99. The summed E-state index contributed by atoms with van der Waals surface area (Å²) in [6, 6.07) is 0. The monoisotopic (exact) mass is 152 g/mol. The molecule has 0 fully saturated rings. The third kappa shape index (κ3) is 1.03. The van der Waals surface area contributed by atoms with Crippen LogP contribution in [-0.2, 0) is 6.54 Å². The molecule has 1 aliphatic heterocycles. The van der Waals surface area contributed by atoms with Crippen molar-refractivity contribution in [3.63, 3.8) is 0 Å². The van der Waals surface area contributed by atoms with Crippen molar-refractivity contribution in [1.29, 1.82) is 0 Å². The van der Waals surface area contributed by atoms with Crippen molar-refractivity contribution in [3.8, 4) is 0 Å². The van der Waals surface area contributed by atoms with Crippen LogP contribution < -0.4 is 5.73 Å². The summed E-state index contributed by atoms with van der Waals surface area (Å²) in [7, 11) is 0. The first-order chi connectivity index (χ1) is 5.42. The van der Waals surface area contributed by atoms with E-state index in [0.29, 0.717) is 12.5 Å². The van der Waals surface area contributed by atoms with E-state index in [1.807, 2.05) is 0 Å². The van der Waals surface area contributed by atoms with Crippen LogP contribution in [0.4, 0.5) is 0 Å². The van der Waals surface area contributed by atoms with Crippen LogP contribution in [0.5, 0.6) is 0 Å². The lowest BCUT2D eigenvalue weighted by molar-refractivity contribution is 0.448. The summed E-state index contributed by atoms with van der Waals surface area (Å²) in [4.78, 5) is 0. The van der Waals surface area contributed by atoms with Crippen LogP contribution in [0.15, 0.2) is 6.33 Å². The number of hydrogen-bond donors (Lipinski definition) is 1. The van der Waals surface area contributed by atoms with Gasteiger partial charge in [-0.3, -0.25) is 0 Å². The Bertz CT molecular complexity index is 242. The third-order valence-electron chi connectivity index (χ3n) is 2.25. The van der Waals surface area contributed by atoms with Crippen molar-refractivity contribution in [1.82, 2.24) is 14.8 Å². The molecule has 2 heterocycles. The van der Waals surface area contributed by atoms with E-state index in [1.165, 1.54) is 6.42 Å². The van der Waals surface area contributed by atoms with Gasteiger partial charge in [0.15, 0.2) is 0 Å². The minimum atomic E-state index is 0.436. The van der Waals surface area contributed by atoms with Gasteiger partial charge >= 0.3 is 0 Å². The van der Waals surface area contributed by atoms with E-state index in [4.69, 9.17) is 5.73 Å². The highest BCUT2D eigenvalue weighted by atomic mass is 15.3. The number of nitrogens with two attached hydrogens (primary N) is 1. The summed E-state index contributed by atoms with van der Waals surface area (Å²) < 4.78 is 2.10. The predicted octanol–water partition coefficient (Wildman–Crippen LogP) is 0.114. The van der Waals surface area contributed by atoms with E-state index >= 15 is 0 Å². The summed E-state index contributed by atoms with van der Waals surface area (Å²) in [6.07, 6.45) is 4.15. The molecule has 60 valence electrons. The molecule has 1 atom stereocenters. The molecular formula is C7H12N4. The second kappa shape index (κ2) is 2.62. The molecule has 4 heteroatoms. The van der Waals surface area contributed by atoms with E-state index in [-0.39, 0.29) is 0 Å². The van der Waals surface area contributed by atoms with Gasteiger partial charge in [-0.15, -0.1) is 10.2 Å². The lowest BCUT2D eigenvalue weighted by atomic mass is 9.99. The lowest BCUT2D eigenvalue weighted by Gasteiger charge is -2.20. The van der Waals surface area contributed by atoms with Crippen molar-refractivity contribution < 1.29 is 0 Å². The van der Waals surface area contributed by atoms with E-state index in [9.17, 15) is 0 Å². The van der Waals surface area contributed by atoms with Crippen LogP contribution in [-0.4, -0.2) is 21.3 Å². The Hall–Kier alpha value is -0.900. The van der Waals surface area contributed by atoms with Gasteiger partial charge in [0.05, 0.1) is 0 Å². The number of rotatable bonds is 1. The highest BCUT2D eigenvalue weighted by Gasteiger charge is 2.20. The molecule has 2 rings (SSSR count). The van der Waals surface area contributed by atoms with Crippen LogP contribution in [0.2, 0.25) is 0 Å². The summed E-state index contributed by atoms with van der Waals surface area (Å²) in [5, 5.41) is 7.90. The van der Waals surface area contributed by atoms with Crippen molar-refractivity contribution in [3.05, 3.63) is 12.2 Å². The first-order valence-electron chi connectivity index (χ1n) is 3.99. The largest absolute Gasteiger partial charge is 0.330 e. The molecule has 0 aliphatic carbocycles. The van der Waals surface area contributed by atoms with Gasteiger partial charge in [0.25, 0.3) is 0 Å². The SMILES string of the molecule is NC[C@@H]1CCCn2cnnc21. The van der Waals surface area contributed by atoms with E-state index < -0.39 is 0 Å². The average Bonchev–Trinajstić information content (AvgIpc) is 2.50. The summed E-state index contributed by atoms with van der Waals surface area (Å²) in [5.41, 5.74) is 5.60. The van der Waals surface area contributed by atoms with Crippen LogP contribution in [0.1, 0.15) is 24.6 Å². The molecule has 11 heavy (non-hydrogen) atoms. The third-order valence-corrected chi connectivity index (χ3v) is 2.25. The smallest absolute Gasteiger partial charge is 0.137 e. The molecule has 0 bridgehead atoms. The van der Waals surface area contributed by atoms with Crippen LogP contribution in [0.3, 0.4) is 0 Å². The number of aryl methyl sites for hydroxylation is 1. The molecule has 0 radical (unpaired) electrons. The highest BCUT2D eigenvalue weighted by Crippen LogP contribution is 2.23. The first kappa shape index (κ1) is 6.79. The topological polar surface area (TPSA) is 56.7 Å². The maximum atomic E-state index is 5.60. The second-order valence-electron chi connectivity index (χ2n) is 2.96. The average molecular weight is 152 g/mol. The Morgan fingerprint density at radius 1 is 1.73 bits per heavy atom. The zero-order valence-electron chi connectivity index (χ0n) is 6.40. The van der Waals surface area contributed by atoms with Crippen LogP contribution in [0, 0.1) is 0 Å². The molecule has 1 aromatic rings. The van der Waals surface area contributed by atoms with Crippen molar-refractivity contribution >= 4 is 0 Å². The van der Waals surface area contributed by atoms with E-state index in [1.54, 1.807) is 6.33 Å². The van der Waals surface area contributed by atoms with Crippen LogP contribution >= 0.6 is 0 Å². The number of nitrogens with zero attached hydrogens (tertiary/aromatic N) is 3. The number of aromatic nitrogens is 3.